The maximum atomic E-state index is 15.2. The van der Waals surface area contributed by atoms with Gasteiger partial charge in [-0.05, 0) is 43.0 Å². The lowest BCUT2D eigenvalue weighted by Gasteiger charge is -2.33. The monoisotopic (exact) mass is 507 g/mol. The van der Waals surface area contributed by atoms with Crippen LogP contribution in [0.25, 0.3) is 22.0 Å². The van der Waals surface area contributed by atoms with Crippen LogP contribution in [0.1, 0.15) is 37.0 Å². The molecule has 0 N–H and O–H groups in total. The van der Waals surface area contributed by atoms with Crippen molar-refractivity contribution in [3.05, 3.63) is 53.9 Å². The molecular formula is C28H31F2N5O2. The summed E-state index contributed by atoms with van der Waals surface area (Å²) < 4.78 is 35.9. The fourth-order valence-electron chi connectivity index (χ4n) is 5.01. The molecule has 0 saturated carbocycles. The van der Waals surface area contributed by atoms with Gasteiger partial charge in [0.1, 0.15) is 30.4 Å². The number of rotatable bonds is 5. The van der Waals surface area contributed by atoms with Crippen LogP contribution in [-0.2, 0) is 4.74 Å². The Balaban J connectivity index is 1.44. The van der Waals surface area contributed by atoms with Gasteiger partial charge in [-0.1, -0.05) is 19.9 Å². The van der Waals surface area contributed by atoms with Crippen molar-refractivity contribution in [3.8, 4) is 11.1 Å². The van der Waals surface area contributed by atoms with E-state index in [0.29, 0.717) is 47.9 Å². The summed E-state index contributed by atoms with van der Waals surface area (Å²) in [5.74, 6) is 0.759. The van der Waals surface area contributed by atoms with E-state index in [1.807, 2.05) is 0 Å². The molecule has 2 aromatic carbocycles. The molecule has 194 valence electrons. The summed E-state index contributed by atoms with van der Waals surface area (Å²) in [6, 6.07) is 7.12. The van der Waals surface area contributed by atoms with E-state index in [4.69, 9.17) is 9.73 Å². The minimum Gasteiger partial charge on any atom is -0.478 e. The highest BCUT2D eigenvalue weighted by atomic mass is 19.1. The number of aliphatic imine (C=N–C) groups is 1. The normalized spacial score (nSPS) is 18.3. The Kier molecular flexibility index (Phi) is 6.79. The molecule has 37 heavy (non-hydrogen) atoms. The zero-order valence-electron chi connectivity index (χ0n) is 21.5. The third-order valence-electron chi connectivity index (χ3n) is 7.20. The first-order valence-corrected chi connectivity index (χ1v) is 12.6. The van der Waals surface area contributed by atoms with E-state index in [0.717, 1.165) is 18.7 Å². The topological polar surface area (TPSA) is 70.9 Å². The van der Waals surface area contributed by atoms with Crippen molar-refractivity contribution in [2.45, 2.75) is 32.7 Å². The van der Waals surface area contributed by atoms with Crippen molar-refractivity contribution in [3.63, 3.8) is 0 Å². The number of fused-ring (bicyclic) bond motifs is 1. The van der Waals surface area contributed by atoms with Gasteiger partial charge in [0.15, 0.2) is 5.90 Å². The van der Waals surface area contributed by atoms with Crippen molar-refractivity contribution in [2.24, 2.45) is 16.8 Å². The molecule has 2 aliphatic heterocycles. The number of carbonyl (C=O) groups excluding carboxylic acids is 1. The van der Waals surface area contributed by atoms with Crippen LogP contribution in [0.4, 0.5) is 14.6 Å². The number of anilines is 1. The number of piperidine rings is 1. The number of amides is 1. The van der Waals surface area contributed by atoms with Crippen LogP contribution in [-0.4, -0.2) is 66.5 Å². The van der Waals surface area contributed by atoms with Crippen LogP contribution in [0.15, 0.2) is 41.7 Å². The van der Waals surface area contributed by atoms with Gasteiger partial charge >= 0.3 is 0 Å². The summed E-state index contributed by atoms with van der Waals surface area (Å²) in [5, 5.41) is 0.526. The van der Waals surface area contributed by atoms with Gasteiger partial charge in [0, 0.05) is 55.2 Å². The first kappa shape index (κ1) is 25.0. The number of aromatic nitrogens is 2. The molecular weight excluding hydrogens is 476 g/mol. The van der Waals surface area contributed by atoms with E-state index >= 15 is 4.39 Å². The van der Waals surface area contributed by atoms with E-state index in [2.05, 4.69) is 28.7 Å². The zero-order chi connectivity index (χ0) is 26.3. The van der Waals surface area contributed by atoms with Crippen molar-refractivity contribution in [1.29, 1.82) is 0 Å². The van der Waals surface area contributed by atoms with E-state index < -0.39 is 11.6 Å². The molecule has 3 aromatic rings. The Morgan fingerprint density at radius 2 is 1.84 bits per heavy atom. The van der Waals surface area contributed by atoms with E-state index in [1.54, 1.807) is 20.2 Å². The molecule has 0 bridgehead atoms. The van der Waals surface area contributed by atoms with Gasteiger partial charge in [0.05, 0.1) is 11.6 Å². The average molecular weight is 508 g/mol. The molecule has 2 aliphatic rings. The van der Waals surface area contributed by atoms with Gasteiger partial charge in [0.2, 0.25) is 0 Å². The minimum absolute atomic E-state index is 0.180. The second-order valence-corrected chi connectivity index (χ2v) is 10.3. The van der Waals surface area contributed by atoms with Crippen LogP contribution in [0, 0.1) is 23.5 Å². The lowest BCUT2D eigenvalue weighted by atomic mass is 9.95. The smallest absolute Gasteiger partial charge is 0.253 e. The number of carbonyl (C=O) groups is 1. The lowest BCUT2D eigenvalue weighted by molar-refractivity contribution is 0.0827. The summed E-state index contributed by atoms with van der Waals surface area (Å²) in [7, 11) is 3.21. The molecule has 9 heteroatoms. The molecule has 5 rings (SSSR count). The Hall–Kier alpha value is -3.62. The maximum Gasteiger partial charge on any atom is 0.253 e. The first-order valence-electron chi connectivity index (χ1n) is 12.6. The number of benzene rings is 2. The van der Waals surface area contributed by atoms with Gasteiger partial charge in [-0.15, -0.1) is 0 Å². The molecule has 1 amide bonds. The van der Waals surface area contributed by atoms with Gasteiger partial charge < -0.3 is 14.5 Å². The fraction of sp³-hybridized carbons (Fsp3) is 0.429. The fourth-order valence-corrected chi connectivity index (χ4v) is 5.01. The molecule has 1 fully saturated rings. The third-order valence-corrected chi connectivity index (χ3v) is 7.20. The van der Waals surface area contributed by atoms with E-state index in [-0.39, 0.29) is 29.0 Å². The molecule has 1 aromatic heterocycles. The Labute approximate surface area is 215 Å². The van der Waals surface area contributed by atoms with Gasteiger partial charge in [0.25, 0.3) is 5.91 Å². The molecule has 1 saturated heterocycles. The summed E-state index contributed by atoms with van der Waals surface area (Å²) in [6.07, 6.45) is 3.14. The lowest BCUT2D eigenvalue weighted by Crippen LogP contribution is -2.37. The second-order valence-electron chi connectivity index (χ2n) is 10.3. The Morgan fingerprint density at radius 3 is 2.49 bits per heavy atom. The largest absolute Gasteiger partial charge is 0.478 e. The summed E-state index contributed by atoms with van der Waals surface area (Å²) in [6.45, 7) is 6.38. The van der Waals surface area contributed by atoms with Crippen molar-refractivity contribution in [2.75, 3.05) is 38.7 Å². The van der Waals surface area contributed by atoms with Crippen molar-refractivity contribution < 1.29 is 18.3 Å². The van der Waals surface area contributed by atoms with Crippen LogP contribution in [0.2, 0.25) is 0 Å². The number of hydrogen-bond acceptors (Lipinski definition) is 6. The standard InChI is InChI=1S/C28H31F2N5O2/c1-16(2)24-14-37-27(33-24)17-7-9-35(10-8-17)26-22-13-19(29)12-21(25(22)31-15-32-26)20-6-5-18(11-23(20)30)28(36)34(3)4/h5-6,11-13,15-17,24H,7-10,14H2,1-4H3/t24-/m1/s1. The highest BCUT2D eigenvalue weighted by Crippen LogP contribution is 2.36. The molecule has 0 aliphatic carbocycles. The van der Waals surface area contributed by atoms with Crippen LogP contribution < -0.4 is 4.90 Å². The van der Waals surface area contributed by atoms with Crippen LogP contribution in [0.3, 0.4) is 0 Å². The third kappa shape index (κ3) is 4.86. The molecule has 0 radical (unpaired) electrons. The number of hydrogen-bond donors (Lipinski definition) is 0. The number of ether oxygens (including phenoxy) is 1. The molecule has 0 unspecified atom stereocenters. The average Bonchev–Trinajstić information content (AvgIpc) is 3.38. The second kappa shape index (κ2) is 10.0. The summed E-state index contributed by atoms with van der Waals surface area (Å²) >= 11 is 0. The highest BCUT2D eigenvalue weighted by Gasteiger charge is 2.31. The summed E-state index contributed by atoms with van der Waals surface area (Å²) in [4.78, 5) is 29.4. The van der Waals surface area contributed by atoms with Gasteiger partial charge in [-0.3, -0.25) is 4.79 Å². The zero-order valence-corrected chi connectivity index (χ0v) is 21.5. The Bertz CT molecular complexity index is 1370. The maximum absolute atomic E-state index is 15.2. The molecule has 7 nitrogen and oxygen atoms in total. The molecule has 3 heterocycles. The predicted molar refractivity (Wildman–Crippen MR) is 140 cm³/mol. The molecule has 1 atom stereocenters. The molecule has 0 spiro atoms. The quantitative estimate of drug-likeness (QED) is 0.489. The van der Waals surface area contributed by atoms with Gasteiger partial charge in [-0.25, -0.2) is 23.7 Å². The van der Waals surface area contributed by atoms with E-state index in [9.17, 15) is 9.18 Å². The number of halogens is 2. The highest BCUT2D eigenvalue weighted by molar-refractivity contribution is 6.00. The summed E-state index contributed by atoms with van der Waals surface area (Å²) in [5.41, 5.74) is 1.19. The SMILES string of the molecule is CC(C)[C@H]1COC(C2CCN(c3ncnc4c(-c5ccc(C(=O)N(C)C)cc5F)cc(F)cc34)CC2)=N1. The van der Waals surface area contributed by atoms with E-state index in [1.165, 1.54) is 35.5 Å². The van der Waals surface area contributed by atoms with Gasteiger partial charge in [-0.2, -0.15) is 0 Å². The minimum atomic E-state index is -0.613. The van der Waals surface area contributed by atoms with Crippen LogP contribution in [0.5, 0.6) is 0 Å². The first-order chi connectivity index (χ1) is 17.7. The van der Waals surface area contributed by atoms with Crippen LogP contribution >= 0.6 is 0 Å². The van der Waals surface area contributed by atoms with Crippen molar-refractivity contribution >= 4 is 28.5 Å². The number of nitrogens with zero attached hydrogens (tertiary/aromatic N) is 5. The van der Waals surface area contributed by atoms with Crippen molar-refractivity contribution in [1.82, 2.24) is 14.9 Å². The Morgan fingerprint density at radius 1 is 1.08 bits per heavy atom. The predicted octanol–water partition coefficient (Wildman–Crippen LogP) is 4.95.